The van der Waals surface area contributed by atoms with Crippen molar-refractivity contribution in [1.29, 1.82) is 0 Å². The highest BCUT2D eigenvalue weighted by atomic mass is 16.5. The minimum Gasteiger partial charge on any atom is -0.497 e. The van der Waals surface area contributed by atoms with Crippen LogP contribution in [0.1, 0.15) is 19.8 Å². The number of nitrogen functional groups attached to an aromatic ring is 1. The van der Waals surface area contributed by atoms with Crippen molar-refractivity contribution in [3.05, 3.63) is 18.2 Å². The number of hydrogen-bond acceptors (Lipinski definition) is 4. The fourth-order valence-electron chi connectivity index (χ4n) is 2.58. The van der Waals surface area contributed by atoms with Crippen LogP contribution in [-0.4, -0.2) is 38.2 Å². The van der Waals surface area contributed by atoms with Crippen LogP contribution in [0.2, 0.25) is 0 Å². The summed E-state index contributed by atoms with van der Waals surface area (Å²) in [5.41, 5.74) is 7.73. The second-order valence-electron chi connectivity index (χ2n) is 5.45. The first-order valence-electron chi connectivity index (χ1n) is 7.09. The van der Waals surface area contributed by atoms with Crippen molar-refractivity contribution in [3.8, 4) is 5.75 Å². The smallest absolute Gasteiger partial charge is 0.121 e. The van der Waals surface area contributed by atoms with E-state index in [0.717, 1.165) is 23.7 Å². The first-order chi connectivity index (χ1) is 9.19. The number of nitrogens with zero attached hydrogens (tertiary/aromatic N) is 1. The van der Waals surface area contributed by atoms with E-state index in [-0.39, 0.29) is 0 Å². The predicted molar refractivity (Wildman–Crippen MR) is 80.7 cm³/mol. The molecule has 1 aliphatic rings. The van der Waals surface area contributed by atoms with Crippen LogP contribution in [0, 0.1) is 5.92 Å². The van der Waals surface area contributed by atoms with Crippen LogP contribution in [0.15, 0.2) is 18.2 Å². The van der Waals surface area contributed by atoms with Crippen molar-refractivity contribution in [2.24, 2.45) is 5.92 Å². The minimum absolute atomic E-state index is 0.625. The Bertz CT molecular complexity index is 402. The molecule has 0 radical (unpaired) electrons. The van der Waals surface area contributed by atoms with E-state index < -0.39 is 0 Å². The molecule has 0 spiro atoms. The van der Waals surface area contributed by atoms with E-state index in [9.17, 15) is 0 Å². The van der Waals surface area contributed by atoms with Crippen molar-refractivity contribution >= 4 is 11.4 Å². The van der Waals surface area contributed by atoms with Crippen molar-refractivity contribution in [1.82, 2.24) is 4.90 Å². The van der Waals surface area contributed by atoms with Gasteiger partial charge in [0.2, 0.25) is 0 Å². The van der Waals surface area contributed by atoms with Gasteiger partial charge < -0.3 is 20.7 Å². The van der Waals surface area contributed by atoms with Gasteiger partial charge in [-0.2, -0.15) is 0 Å². The highest BCUT2D eigenvalue weighted by Crippen LogP contribution is 2.24. The van der Waals surface area contributed by atoms with Crippen molar-refractivity contribution in [2.45, 2.75) is 19.8 Å². The lowest BCUT2D eigenvalue weighted by Gasteiger charge is -2.21. The van der Waals surface area contributed by atoms with Crippen LogP contribution >= 0.6 is 0 Å². The number of nitrogens with one attached hydrogen (secondary N) is 1. The molecule has 2 rings (SSSR count). The fraction of sp³-hybridized carbons (Fsp3) is 0.600. The molecule has 1 saturated heterocycles. The largest absolute Gasteiger partial charge is 0.497 e. The van der Waals surface area contributed by atoms with Crippen LogP contribution in [0.4, 0.5) is 11.4 Å². The Morgan fingerprint density at radius 1 is 1.37 bits per heavy atom. The summed E-state index contributed by atoms with van der Waals surface area (Å²) in [5, 5.41) is 3.43. The lowest BCUT2D eigenvalue weighted by atomic mass is 10.1. The van der Waals surface area contributed by atoms with Gasteiger partial charge in [-0.1, -0.05) is 6.92 Å². The quantitative estimate of drug-likeness (QED) is 0.774. The molecule has 0 aliphatic carbocycles. The van der Waals surface area contributed by atoms with E-state index in [1.54, 1.807) is 7.11 Å². The molecule has 1 atom stereocenters. The minimum atomic E-state index is 0.625. The fourth-order valence-corrected chi connectivity index (χ4v) is 2.58. The molecule has 1 unspecified atom stereocenters. The maximum Gasteiger partial charge on any atom is 0.121 e. The van der Waals surface area contributed by atoms with Crippen LogP contribution in [-0.2, 0) is 0 Å². The lowest BCUT2D eigenvalue weighted by Crippen LogP contribution is -2.28. The van der Waals surface area contributed by atoms with Gasteiger partial charge >= 0.3 is 0 Å². The molecule has 0 saturated carbocycles. The zero-order valence-electron chi connectivity index (χ0n) is 12.0. The third-order valence-electron chi connectivity index (χ3n) is 3.67. The summed E-state index contributed by atoms with van der Waals surface area (Å²) < 4.78 is 5.15. The summed E-state index contributed by atoms with van der Waals surface area (Å²) in [6.07, 6.45) is 2.71. The monoisotopic (exact) mass is 263 g/mol. The number of nitrogens with two attached hydrogens (primary N) is 1. The Morgan fingerprint density at radius 2 is 2.11 bits per heavy atom. The predicted octanol–water partition coefficient (Wildman–Crippen LogP) is 2.42. The first kappa shape index (κ1) is 14.0. The maximum absolute atomic E-state index is 5.99. The third kappa shape index (κ3) is 4.03. The molecule has 1 aromatic rings. The Hall–Kier alpha value is -1.42. The number of anilines is 2. The molecule has 1 aromatic carbocycles. The van der Waals surface area contributed by atoms with Crippen LogP contribution < -0.4 is 15.8 Å². The second kappa shape index (κ2) is 6.66. The zero-order chi connectivity index (χ0) is 13.7. The number of ether oxygens (including phenoxy) is 1. The van der Waals surface area contributed by atoms with Crippen LogP contribution in [0.25, 0.3) is 0 Å². The van der Waals surface area contributed by atoms with E-state index >= 15 is 0 Å². The lowest BCUT2D eigenvalue weighted by molar-refractivity contribution is 0.294. The molecule has 4 heteroatoms. The SMILES string of the molecule is COc1ccc(NCC(C)CN2CCCC2)c(N)c1. The standard InChI is InChI=1S/C15H25N3O/c1-12(11-18-7-3-4-8-18)10-17-15-6-5-13(19-2)9-14(15)16/h5-6,9,12,17H,3-4,7-8,10-11,16H2,1-2H3. The molecule has 0 amide bonds. The van der Waals surface area contributed by atoms with E-state index in [0.29, 0.717) is 5.92 Å². The van der Waals surface area contributed by atoms with Gasteiger partial charge in [-0.25, -0.2) is 0 Å². The maximum atomic E-state index is 5.99. The van der Waals surface area contributed by atoms with Gasteiger partial charge in [-0.3, -0.25) is 0 Å². The van der Waals surface area contributed by atoms with Crippen molar-refractivity contribution in [2.75, 3.05) is 44.3 Å². The van der Waals surface area contributed by atoms with Crippen molar-refractivity contribution in [3.63, 3.8) is 0 Å². The molecule has 0 aromatic heterocycles. The number of hydrogen-bond donors (Lipinski definition) is 2. The highest BCUT2D eigenvalue weighted by molar-refractivity contribution is 5.68. The highest BCUT2D eigenvalue weighted by Gasteiger charge is 2.14. The molecule has 1 heterocycles. The van der Waals surface area contributed by atoms with E-state index in [1.807, 2.05) is 18.2 Å². The van der Waals surface area contributed by atoms with Crippen molar-refractivity contribution < 1.29 is 4.74 Å². The van der Waals surface area contributed by atoms with E-state index in [4.69, 9.17) is 10.5 Å². The Balaban J connectivity index is 1.80. The molecule has 106 valence electrons. The van der Waals surface area contributed by atoms with Crippen LogP contribution in [0.3, 0.4) is 0 Å². The Morgan fingerprint density at radius 3 is 2.74 bits per heavy atom. The topological polar surface area (TPSA) is 50.5 Å². The molecule has 1 fully saturated rings. The first-order valence-corrected chi connectivity index (χ1v) is 7.09. The number of rotatable bonds is 6. The average Bonchev–Trinajstić information content (AvgIpc) is 2.90. The number of likely N-dealkylation sites (tertiary alicyclic amines) is 1. The van der Waals surface area contributed by atoms with E-state index in [2.05, 4.69) is 17.1 Å². The molecule has 4 nitrogen and oxygen atoms in total. The van der Waals surface area contributed by atoms with Gasteiger partial charge in [-0.15, -0.1) is 0 Å². The molecule has 3 N–H and O–H groups in total. The summed E-state index contributed by atoms with van der Waals surface area (Å²) in [4.78, 5) is 2.55. The summed E-state index contributed by atoms with van der Waals surface area (Å²) in [6.45, 7) is 6.92. The average molecular weight is 263 g/mol. The van der Waals surface area contributed by atoms with Crippen LogP contribution in [0.5, 0.6) is 5.75 Å². The van der Waals surface area contributed by atoms with Gasteiger partial charge in [0.1, 0.15) is 5.75 Å². The number of benzene rings is 1. The molecule has 19 heavy (non-hydrogen) atoms. The molecule has 1 aliphatic heterocycles. The Kier molecular flexibility index (Phi) is 4.91. The summed E-state index contributed by atoms with van der Waals surface area (Å²) in [7, 11) is 1.65. The van der Waals surface area contributed by atoms with Gasteiger partial charge in [0.15, 0.2) is 0 Å². The normalized spacial score (nSPS) is 17.4. The molecular formula is C15H25N3O. The summed E-state index contributed by atoms with van der Waals surface area (Å²) >= 11 is 0. The molecular weight excluding hydrogens is 238 g/mol. The Labute approximate surface area is 115 Å². The van der Waals surface area contributed by atoms with Gasteiger partial charge in [0.05, 0.1) is 18.5 Å². The number of methoxy groups -OCH3 is 1. The second-order valence-corrected chi connectivity index (χ2v) is 5.45. The molecule has 0 bridgehead atoms. The van der Waals surface area contributed by atoms with Gasteiger partial charge in [0, 0.05) is 19.2 Å². The zero-order valence-corrected chi connectivity index (χ0v) is 12.0. The van der Waals surface area contributed by atoms with E-state index in [1.165, 1.54) is 32.5 Å². The summed E-state index contributed by atoms with van der Waals surface area (Å²) in [6, 6.07) is 5.77. The van der Waals surface area contributed by atoms with Gasteiger partial charge in [-0.05, 0) is 44.0 Å². The third-order valence-corrected chi connectivity index (χ3v) is 3.67. The van der Waals surface area contributed by atoms with Gasteiger partial charge in [0.25, 0.3) is 0 Å². The summed E-state index contributed by atoms with van der Waals surface area (Å²) in [5.74, 6) is 1.42.